The molecule has 90 valence electrons. The average Bonchev–Trinajstić information content (AvgIpc) is 2.14. The van der Waals surface area contributed by atoms with Crippen molar-refractivity contribution in [3.8, 4) is 0 Å². The molecular weight excluding hydrogens is 184 g/mol. The second kappa shape index (κ2) is 4.84. The number of unbranched alkanes of at least 4 members (excludes halogenated alkanes) is 1. The third-order valence-electron chi connectivity index (χ3n) is 4.19. The maximum atomic E-state index is 6.21. The largest absolute Gasteiger partial charge is 0.327 e. The Morgan fingerprint density at radius 1 is 1.33 bits per heavy atom. The van der Waals surface area contributed by atoms with Gasteiger partial charge < -0.3 is 5.73 Å². The fourth-order valence-corrected chi connectivity index (χ4v) is 2.91. The number of rotatable bonds is 3. The van der Waals surface area contributed by atoms with Crippen molar-refractivity contribution in [2.24, 2.45) is 11.7 Å². The zero-order chi connectivity index (χ0) is 11.6. The molecule has 0 aromatic rings. The Bertz CT molecular complexity index is 201. The Morgan fingerprint density at radius 2 is 1.93 bits per heavy atom. The highest BCUT2D eigenvalue weighted by molar-refractivity contribution is 4.98. The molecule has 1 rings (SSSR count). The number of nitrogens with two attached hydrogens (primary N) is 1. The van der Waals surface area contributed by atoms with Gasteiger partial charge in [-0.1, -0.05) is 20.3 Å². The Hall–Kier alpha value is -0.0800. The van der Waals surface area contributed by atoms with E-state index in [4.69, 9.17) is 5.73 Å². The summed E-state index contributed by atoms with van der Waals surface area (Å²) in [4.78, 5) is 2.66. The molecule has 2 heteroatoms. The van der Waals surface area contributed by atoms with E-state index in [1.165, 1.54) is 19.4 Å². The maximum absolute atomic E-state index is 6.21. The Kier molecular flexibility index (Phi) is 4.19. The van der Waals surface area contributed by atoms with E-state index in [9.17, 15) is 0 Å². The number of hydrogen-bond acceptors (Lipinski definition) is 2. The SMILES string of the molecule is CCCCN1C(C)C(C)C(N)CC1(C)C. The first-order valence-corrected chi connectivity index (χ1v) is 6.42. The summed E-state index contributed by atoms with van der Waals surface area (Å²) in [6.45, 7) is 12.8. The van der Waals surface area contributed by atoms with Gasteiger partial charge in [0.1, 0.15) is 0 Å². The lowest BCUT2D eigenvalue weighted by Gasteiger charge is -2.52. The van der Waals surface area contributed by atoms with E-state index in [2.05, 4.69) is 39.5 Å². The van der Waals surface area contributed by atoms with Crippen LogP contribution in [0.2, 0.25) is 0 Å². The predicted octanol–water partition coefficient (Wildman–Crippen LogP) is 2.62. The first-order chi connectivity index (χ1) is 6.90. The molecule has 2 N–H and O–H groups in total. The van der Waals surface area contributed by atoms with Crippen molar-refractivity contribution in [2.75, 3.05) is 6.54 Å². The van der Waals surface area contributed by atoms with Crippen molar-refractivity contribution in [2.45, 2.75) is 71.5 Å². The van der Waals surface area contributed by atoms with E-state index in [1.54, 1.807) is 0 Å². The summed E-state index contributed by atoms with van der Waals surface area (Å²) in [5, 5.41) is 0. The molecule has 0 spiro atoms. The van der Waals surface area contributed by atoms with Gasteiger partial charge in [-0.3, -0.25) is 4.90 Å². The highest BCUT2D eigenvalue weighted by Gasteiger charge is 2.41. The fraction of sp³-hybridized carbons (Fsp3) is 1.00. The summed E-state index contributed by atoms with van der Waals surface area (Å²) >= 11 is 0. The summed E-state index contributed by atoms with van der Waals surface area (Å²) in [7, 11) is 0. The molecule has 0 aliphatic carbocycles. The lowest BCUT2D eigenvalue weighted by molar-refractivity contribution is -0.0103. The molecule has 1 aliphatic rings. The van der Waals surface area contributed by atoms with Gasteiger partial charge in [-0.25, -0.2) is 0 Å². The van der Waals surface area contributed by atoms with Gasteiger partial charge in [-0.2, -0.15) is 0 Å². The quantitative estimate of drug-likeness (QED) is 0.779. The van der Waals surface area contributed by atoms with Crippen molar-refractivity contribution in [1.29, 1.82) is 0 Å². The van der Waals surface area contributed by atoms with Crippen LogP contribution in [0.5, 0.6) is 0 Å². The van der Waals surface area contributed by atoms with Crippen molar-refractivity contribution < 1.29 is 0 Å². The van der Waals surface area contributed by atoms with Gasteiger partial charge in [0.05, 0.1) is 0 Å². The molecule has 2 nitrogen and oxygen atoms in total. The summed E-state index contributed by atoms with van der Waals surface area (Å²) in [6.07, 6.45) is 3.71. The summed E-state index contributed by atoms with van der Waals surface area (Å²) in [6, 6.07) is 0.989. The van der Waals surface area contributed by atoms with Crippen molar-refractivity contribution >= 4 is 0 Å². The van der Waals surface area contributed by atoms with Crippen LogP contribution in [-0.4, -0.2) is 29.1 Å². The second-order valence-corrected chi connectivity index (χ2v) is 5.83. The van der Waals surface area contributed by atoms with Crippen molar-refractivity contribution in [3.05, 3.63) is 0 Å². The van der Waals surface area contributed by atoms with Gasteiger partial charge in [0.25, 0.3) is 0 Å². The van der Waals surface area contributed by atoms with Crippen molar-refractivity contribution in [3.63, 3.8) is 0 Å². The van der Waals surface area contributed by atoms with E-state index < -0.39 is 0 Å². The first kappa shape index (κ1) is 13.0. The van der Waals surface area contributed by atoms with E-state index in [0.717, 1.165) is 6.42 Å². The third kappa shape index (κ3) is 2.73. The van der Waals surface area contributed by atoms with Gasteiger partial charge >= 0.3 is 0 Å². The van der Waals surface area contributed by atoms with Gasteiger partial charge in [0.15, 0.2) is 0 Å². The smallest absolute Gasteiger partial charge is 0.0171 e. The van der Waals surface area contributed by atoms with Gasteiger partial charge in [-0.05, 0) is 46.1 Å². The van der Waals surface area contributed by atoms with Crippen LogP contribution in [0.25, 0.3) is 0 Å². The van der Waals surface area contributed by atoms with Crippen LogP contribution in [0.4, 0.5) is 0 Å². The molecule has 3 atom stereocenters. The number of likely N-dealkylation sites (tertiary alicyclic amines) is 1. The Morgan fingerprint density at radius 3 is 2.47 bits per heavy atom. The number of hydrogen-bond donors (Lipinski definition) is 1. The van der Waals surface area contributed by atoms with Crippen LogP contribution in [0, 0.1) is 5.92 Å². The van der Waals surface area contributed by atoms with Gasteiger partial charge in [0, 0.05) is 17.6 Å². The minimum Gasteiger partial charge on any atom is -0.327 e. The molecule has 0 aromatic heterocycles. The summed E-state index contributed by atoms with van der Waals surface area (Å²) in [5.74, 6) is 0.620. The average molecular weight is 212 g/mol. The molecular formula is C13H28N2. The molecule has 0 aromatic carbocycles. The molecule has 15 heavy (non-hydrogen) atoms. The molecule has 0 radical (unpaired) electrons. The molecule has 1 saturated heterocycles. The van der Waals surface area contributed by atoms with Gasteiger partial charge in [0.2, 0.25) is 0 Å². The summed E-state index contributed by atoms with van der Waals surface area (Å²) < 4.78 is 0. The molecule has 3 unspecified atom stereocenters. The minimum absolute atomic E-state index is 0.278. The highest BCUT2D eigenvalue weighted by atomic mass is 15.2. The maximum Gasteiger partial charge on any atom is 0.0171 e. The lowest BCUT2D eigenvalue weighted by Crippen LogP contribution is -2.61. The molecule has 0 amide bonds. The van der Waals surface area contributed by atoms with E-state index in [0.29, 0.717) is 18.0 Å². The predicted molar refractivity (Wildman–Crippen MR) is 66.9 cm³/mol. The monoisotopic (exact) mass is 212 g/mol. The Balaban J connectivity index is 2.72. The minimum atomic E-state index is 0.278. The molecule has 1 fully saturated rings. The number of nitrogens with zero attached hydrogens (tertiary/aromatic N) is 1. The van der Waals surface area contributed by atoms with E-state index >= 15 is 0 Å². The van der Waals surface area contributed by atoms with Crippen LogP contribution >= 0.6 is 0 Å². The summed E-state index contributed by atoms with van der Waals surface area (Å²) in [5.41, 5.74) is 6.49. The highest BCUT2D eigenvalue weighted by Crippen LogP contribution is 2.34. The zero-order valence-corrected chi connectivity index (χ0v) is 11.1. The first-order valence-electron chi connectivity index (χ1n) is 6.42. The zero-order valence-electron chi connectivity index (χ0n) is 11.1. The van der Waals surface area contributed by atoms with Gasteiger partial charge in [-0.15, -0.1) is 0 Å². The standard InChI is InChI=1S/C13H28N2/c1-6-7-8-15-11(3)10(2)12(14)9-13(15,4)5/h10-12H,6-9,14H2,1-5H3. The molecule has 0 bridgehead atoms. The molecule has 1 heterocycles. The Labute approximate surface area is 95.2 Å². The molecule has 1 aliphatic heterocycles. The third-order valence-corrected chi connectivity index (χ3v) is 4.19. The fourth-order valence-electron chi connectivity index (χ4n) is 2.91. The van der Waals surface area contributed by atoms with Crippen LogP contribution in [0.1, 0.15) is 53.9 Å². The van der Waals surface area contributed by atoms with Crippen LogP contribution in [-0.2, 0) is 0 Å². The van der Waals surface area contributed by atoms with Crippen molar-refractivity contribution in [1.82, 2.24) is 4.90 Å². The molecule has 0 saturated carbocycles. The van der Waals surface area contributed by atoms with Crippen LogP contribution in [0.15, 0.2) is 0 Å². The van der Waals surface area contributed by atoms with Crippen LogP contribution in [0.3, 0.4) is 0 Å². The van der Waals surface area contributed by atoms with Crippen LogP contribution < -0.4 is 5.73 Å². The van der Waals surface area contributed by atoms with E-state index in [-0.39, 0.29) is 5.54 Å². The lowest BCUT2D eigenvalue weighted by atomic mass is 9.77. The topological polar surface area (TPSA) is 29.3 Å². The van der Waals surface area contributed by atoms with E-state index in [1.807, 2.05) is 0 Å². The normalized spacial score (nSPS) is 36.8. The second-order valence-electron chi connectivity index (χ2n) is 5.83. The number of piperidine rings is 1.